The van der Waals surface area contributed by atoms with Gasteiger partial charge in [0.25, 0.3) is 0 Å². The van der Waals surface area contributed by atoms with Gasteiger partial charge in [-0.1, -0.05) is 56.4 Å². The van der Waals surface area contributed by atoms with Crippen molar-refractivity contribution in [3.05, 3.63) is 34.9 Å². The van der Waals surface area contributed by atoms with Crippen LogP contribution in [0.2, 0.25) is 0 Å². The number of aryl methyl sites for hydroxylation is 2. The van der Waals surface area contributed by atoms with Crippen molar-refractivity contribution in [1.29, 1.82) is 0 Å². The molecule has 0 N–H and O–H groups in total. The topological polar surface area (TPSA) is 3.24 Å². The summed E-state index contributed by atoms with van der Waals surface area (Å²) in [6.45, 7) is 5.28. The average molecular weight is 324 g/mol. The molecule has 24 heavy (non-hydrogen) atoms. The smallest absolute Gasteiger partial charge is 0.0610 e. The van der Waals surface area contributed by atoms with Crippen molar-refractivity contribution < 1.29 is 0 Å². The summed E-state index contributed by atoms with van der Waals surface area (Å²) in [6, 6.07) is 8.23. The fourth-order valence-corrected chi connectivity index (χ4v) is 4.66. The molecule has 3 rings (SSSR count). The van der Waals surface area contributed by atoms with Gasteiger partial charge in [-0.05, 0) is 62.8 Å². The van der Waals surface area contributed by atoms with Gasteiger partial charge < -0.3 is 0 Å². The molecule has 1 aromatic carbocycles. The molecule has 2 aliphatic rings. The predicted octanol–water partition coefficient (Wildman–Crippen LogP) is 5.62. The van der Waals surface area contributed by atoms with Gasteiger partial charge in [-0.25, -0.2) is 0 Å². The molecule has 0 radical (unpaired) electrons. The molecule has 0 unspecified atom stereocenters. The Morgan fingerprint density at radius 2 is 1.29 bits per heavy atom. The van der Waals surface area contributed by atoms with E-state index in [1.54, 1.807) is 0 Å². The number of benzene rings is 1. The van der Waals surface area contributed by atoms with Crippen LogP contribution in [0, 0.1) is 25.7 Å². The van der Waals surface area contributed by atoms with Gasteiger partial charge in [0.15, 0.2) is 0 Å². The monoisotopic (exact) mass is 323 g/mol. The third-order valence-corrected chi connectivity index (χ3v) is 5.80. The van der Waals surface area contributed by atoms with Crippen molar-refractivity contribution >= 4 is 0 Å². The molecule has 2 fully saturated rings. The van der Waals surface area contributed by atoms with Crippen molar-refractivity contribution in [3.63, 3.8) is 0 Å². The van der Waals surface area contributed by atoms with Crippen LogP contribution in [-0.4, -0.2) is 23.5 Å². The van der Waals surface area contributed by atoms with E-state index in [0.717, 1.165) is 18.6 Å². The quantitative estimate of drug-likeness (QED) is 0.652. The van der Waals surface area contributed by atoms with Crippen LogP contribution < -0.4 is 0 Å². The summed E-state index contributed by atoms with van der Waals surface area (Å²) in [6.07, 6.45) is 14.1. The van der Waals surface area contributed by atoms with E-state index in [2.05, 4.69) is 48.8 Å². The summed E-state index contributed by atoms with van der Waals surface area (Å²) in [4.78, 5) is 2.79. The maximum Gasteiger partial charge on any atom is 0.0610 e. The second kappa shape index (κ2) is 8.72. The minimum absolute atomic E-state index is 0.787. The first-order valence-electron chi connectivity index (χ1n) is 10.1. The zero-order valence-electron chi connectivity index (χ0n) is 15.6. The minimum atomic E-state index is 0.787. The Morgan fingerprint density at radius 3 is 1.79 bits per heavy atom. The molecule has 0 heterocycles. The van der Waals surface area contributed by atoms with Gasteiger partial charge in [0.2, 0.25) is 0 Å². The normalized spacial score (nSPS) is 20.0. The summed E-state index contributed by atoms with van der Waals surface area (Å²) in [5.74, 6) is 6.97. The molecule has 0 saturated heterocycles. The molecule has 0 aromatic heterocycles. The van der Waals surface area contributed by atoms with Gasteiger partial charge in [0.05, 0.1) is 6.54 Å². The van der Waals surface area contributed by atoms with Crippen molar-refractivity contribution in [1.82, 2.24) is 4.90 Å². The molecule has 0 amide bonds. The molecular weight excluding hydrogens is 290 g/mol. The average Bonchev–Trinajstić information content (AvgIpc) is 2.59. The number of hydrogen-bond donors (Lipinski definition) is 0. The SMILES string of the molecule is Cc1cc(C)cc(C#CCN(C2CCCCC2)C2CCCCC2)c1. The van der Waals surface area contributed by atoms with Crippen molar-refractivity contribution in [2.75, 3.05) is 6.54 Å². The Bertz CT molecular complexity index is 542. The maximum atomic E-state index is 3.53. The first kappa shape index (κ1) is 17.6. The van der Waals surface area contributed by atoms with Gasteiger partial charge in [-0.2, -0.15) is 0 Å². The molecule has 2 aliphatic carbocycles. The zero-order valence-corrected chi connectivity index (χ0v) is 15.6. The van der Waals surface area contributed by atoms with Crippen LogP contribution in [0.1, 0.15) is 80.9 Å². The Kier molecular flexibility index (Phi) is 6.38. The molecule has 1 aromatic rings. The molecule has 0 atom stereocenters. The van der Waals surface area contributed by atoms with Crippen LogP contribution in [0.15, 0.2) is 18.2 Å². The summed E-state index contributed by atoms with van der Waals surface area (Å²) >= 11 is 0. The summed E-state index contributed by atoms with van der Waals surface area (Å²) in [7, 11) is 0. The molecule has 0 aliphatic heterocycles. The minimum Gasteiger partial charge on any atom is -0.286 e. The molecule has 0 bridgehead atoms. The first-order chi connectivity index (χ1) is 11.7. The van der Waals surface area contributed by atoms with Crippen LogP contribution in [0.25, 0.3) is 0 Å². The first-order valence-corrected chi connectivity index (χ1v) is 10.1. The fourth-order valence-electron chi connectivity index (χ4n) is 4.66. The fraction of sp³-hybridized carbons (Fsp3) is 0.652. The van der Waals surface area contributed by atoms with E-state index in [1.807, 2.05) is 0 Å². The van der Waals surface area contributed by atoms with Crippen molar-refractivity contribution in [3.8, 4) is 11.8 Å². The lowest BCUT2D eigenvalue weighted by molar-refractivity contribution is 0.0961. The maximum absolute atomic E-state index is 3.53. The number of rotatable bonds is 3. The van der Waals surface area contributed by atoms with Gasteiger partial charge >= 0.3 is 0 Å². The standard InChI is InChI=1S/C23H33N/c1-19-16-20(2)18-21(17-19)10-9-15-24(22-11-5-3-6-12-22)23-13-7-4-8-14-23/h16-18,22-23H,3-8,11-15H2,1-2H3. The van der Waals surface area contributed by atoms with Crippen LogP contribution in [0.5, 0.6) is 0 Å². The van der Waals surface area contributed by atoms with E-state index < -0.39 is 0 Å². The lowest BCUT2D eigenvalue weighted by atomic mass is 9.88. The third kappa shape index (κ3) is 4.87. The van der Waals surface area contributed by atoms with E-state index in [-0.39, 0.29) is 0 Å². The molecular formula is C23H33N. The van der Waals surface area contributed by atoms with E-state index in [9.17, 15) is 0 Å². The lowest BCUT2D eigenvalue weighted by Crippen LogP contribution is -2.45. The van der Waals surface area contributed by atoms with Crippen molar-refractivity contribution in [2.24, 2.45) is 0 Å². The Labute approximate surface area is 148 Å². The summed E-state index contributed by atoms with van der Waals surface area (Å²) in [5, 5.41) is 0. The van der Waals surface area contributed by atoms with Crippen LogP contribution in [-0.2, 0) is 0 Å². The van der Waals surface area contributed by atoms with Gasteiger partial charge in [0.1, 0.15) is 0 Å². The summed E-state index contributed by atoms with van der Waals surface area (Å²) in [5.41, 5.74) is 3.81. The number of nitrogens with zero attached hydrogens (tertiary/aromatic N) is 1. The highest BCUT2D eigenvalue weighted by molar-refractivity contribution is 5.40. The molecule has 130 valence electrons. The van der Waals surface area contributed by atoms with E-state index in [4.69, 9.17) is 0 Å². The molecule has 1 heteroatoms. The zero-order chi connectivity index (χ0) is 16.8. The molecule has 0 spiro atoms. The lowest BCUT2D eigenvalue weighted by Gasteiger charge is -2.40. The van der Waals surface area contributed by atoms with Gasteiger partial charge in [-0.3, -0.25) is 4.90 Å². The Balaban J connectivity index is 1.70. The Morgan fingerprint density at radius 1 is 0.792 bits per heavy atom. The van der Waals surface area contributed by atoms with E-state index in [0.29, 0.717) is 0 Å². The van der Waals surface area contributed by atoms with Crippen LogP contribution in [0.4, 0.5) is 0 Å². The van der Waals surface area contributed by atoms with Gasteiger partial charge in [-0.15, -0.1) is 0 Å². The van der Waals surface area contributed by atoms with Crippen molar-refractivity contribution in [2.45, 2.75) is 90.1 Å². The second-order valence-corrected chi connectivity index (χ2v) is 7.93. The second-order valence-electron chi connectivity index (χ2n) is 7.93. The van der Waals surface area contributed by atoms with Gasteiger partial charge in [0, 0.05) is 17.6 Å². The third-order valence-electron chi connectivity index (χ3n) is 5.80. The Hall–Kier alpha value is -1.26. The summed E-state index contributed by atoms with van der Waals surface area (Å²) < 4.78 is 0. The van der Waals surface area contributed by atoms with E-state index >= 15 is 0 Å². The van der Waals surface area contributed by atoms with Crippen LogP contribution in [0.3, 0.4) is 0 Å². The van der Waals surface area contributed by atoms with E-state index in [1.165, 1.54) is 80.9 Å². The molecule has 2 saturated carbocycles. The molecule has 1 nitrogen and oxygen atoms in total. The largest absolute Gasteiger partial charge is 0.286 e. The highest BCUT2D eigenvalue weighted by Gasteiger charge is 2.27. The highest BCUT2D eigenvalue weighted by atomic mass is 15.2. The number of hydrogen-bond acceptors (Lipinski definition) is 1. The highest BCUT2D eigenvalue weighted by Crippen LogP contribution is 2.29. The van der Waals surface area contributed by atoms with Crippen LogP contribution >= 0.6 is 0 Å². The predicted molar refractivity (Wildman–Crippen MR) is 103 cm³/mol.